The number of unbranched alkanes of at least 4 members (excludes halogenated alkanes) is 2. The molecule has 0 amide bonds. The molecular weight excluding hydrogens is 438 g/mol. The Labute approximate surface area is 195 Å². The average Bonchev–Trinajstić information content (AvgIpc) is 3.32. The highest BCUT2D eigenvalue weighted by molar-refractivity contribution is 7.89. The number of nitrogens with zero attached hydrogens (tertiary/aromatic N) is 2. The Morgan fingerprint density at radius 3 is 2.58 bits per heavy atom. The number of hydrogen-bond donors (Lipinski definition) is 1. The van der Waals surface area contributed by atoms with Gasteiger partial charge in [-0.15, -0.1) is 0 Å². The molecule has 0 spiro atoms. The highest BCUT2D eigenvalue weighted by atomic mass is 32.2. The van der Waals surface area contributed by atoms with Crippen LogP contribution in [0, 0.1) is 0 Å². The predicted molar refractivity (Wildman–Crippen MR) is 128 cm³/mol. The second kappa shape index (κ2) is 12.3. The molecule has 8 heteroatoms. The smallest absolute Gasteiger partial charge is 0.305 e. The summed E-state index contributed by atoms with van der Waals surface area (Å²) in [4.78, 5) is 15.9. The summed E-state index contributed by atoms with van der Waals surface area (Å²) in [7, 11) is -3.69. The van der Waals surface area contributed by atoms with Gasteiger partial charge in [0.2, 0.25) is 10.0 Å². The Bertz CT molecular complexity index is 1110. The first kappa shape index (κ1) is 24.7. The van der Waals surface area contributed by atoms with Crippen molar-refractivity contribution < 1.29 is 17.9 Å². The van der Waals surface area contributed by atoms with Gasteiger partial charge in [-0.05, 0) is 36.5 Å². The standard InChI is InChI=1S/C25H31N3O4S/c1-2-3-18-32-25(29)10-6-7-15-27-33(30,31)24-9-5-4-8-23(24)22-13-11-21(12-14-22)19-28-17-16-26-20-28/h4-5,8-9,11-14,16-17,20,27H,2-3,6-7,10,15,18-19H2,1H3. The van der Waals surface area contributed by atoms with E-state index in [4.69, 9.17) is 4.74 Å². The molecule has 0 aliphatic carbocycles. The molecule has 0 saturated heterocycles. The van der Waals surface area contributed by atoms with Gasteiger partial charge in [0.25, 0.3) is 0 Å². The van der Waals surface area contributed by atoms with E-state index in [1.54, 1.807) is 24.7 Å². The van der Waals surface area contributed by atoms with Gasteiger partial charge in [-0.1, -0.05) is 55.8 Å². The van der Waals surface area contributed by atoms with E-state index in [-0.39, 0.29) is 17.4 Å². The van der Waals surface area contributed by atoms with Crippen molar-refractivity contribution in [3.05, 3.63) is 72.8 Å². The number of aromatic nitrogens is 2. The van der Waals surface area contributed by atoms with Crippen molar-refractivity contribution in [2.24, 2.45) is 0 Å². The molecule has 1 heterocycles. The van der Waals surface area contributed by atoms with Crippen LogP contribution in [0.4, 0.5) is 0 Å². The molecule has 0 bridgehead atoms. The second-order valence-electron chi connectivity index (χ2n) is 7.86. The molecule has 0 atom stereocenters. The molecule has 1 N–H and O–H groups in total. The Morgan fingerprint density at radius 1 is 1.06 bits per heavy atom. The molecule has 0 aliphatic rings. The highest BCUT2D eigenvalue weighted by Crippen LogP contribution is 2.27. The molecule has 2 aromatic carbocycles. The average molecular weight is 470 g/mol. The van der Waals surface area contributed by atoms with Gasteiger partial charge in [0, 0.05) is 37.5 Å². The summed E-state index contributed by atoms with van der Waals surface area (Å²) in [6, 6.07) is 14.8. The van der Waals surface area contributed by atoms with Gasteiger partial charge < -0.3 is 9.30 Å². The monoisotopic (exact) mass is 469 g/mol. The fourth-order valence-electron chi connectivity index (χ4n) is 3.40. The van der Waals surface area contributed by atoms with Crippen LogP contribution in [-0.2, 0) is 26.1 Å². The van der Waals surface area contributed by atoms with Gasteiger partial charge in [0.15, 0.2) is 0 Å². The van der Waals surface area contributed by atoms with Crippen molar-refractivity contribution in [2.45, 2.75) is 50.5 Å². The predicted octanol–water partition coefficient (Wildman–Crippen LogP) is 4.39. The van der Waals surface area contributed by atoms with E-state index in [9.17, 15) is 13.2 Å². The summed E-state index contributed by atoms with van der Waals surface area (Å²) in [5.74, 6) is -0.229. The van der Waals surface area contributed by atoms with Crippen molar-refractivity contribution in [1.29, 1.82) is 0 Å². The Kier molecular flexibility index (Phi) is 9.21. The number of ether oxygens (including phenoxy) is 1. The molecule has 0 saturated carbocycles. The van der Waals surface area contributed by atoms with Crippen molar-refractivity contribution >= 4 is 16.0 Å². The molecule has 0 aliphatic heterocycles. The van der Waals surface area contributed by atoms with Crippen LogP contribution in [-0.4, -0.2) is 37.1 Å². The van der Waals surface area contributed by atoms with E-state index in [1.807, 2.05) is 54.1 Å². The van der Waals surface area contributed by atoms with Crippen molar-refractivity contribution in [3.63, 3.8) is 0 Å². The van der Waals surface area contributed by atoms with Crippen LogP contribution in [0.3, 0.4) is 0 Å². The Balaban J connectivity index is 1.57. The Morgan fingerprint density at radius 2 is 1.85 bits per heavy atom. The first-order valence-corrected chi connectivity index (χ1v) is 12.8. The minimum atomic E-state index is -3.69. The number of hydrogen-bond acceptors (Lipinski definition) is 5. The summed E-state index contributed by atoms with van der Waals surface area (Å²) in [5, 5.41) is 0. The third-order valence-corrected chi connectivity index (χ3v) is 6.75. The number of sulfonamides is 1. The van der Waals surface area contributed by atoms with Gasteiger partial charge in [-0.2, -0.15) is 0 Å². The maximum absolute atomic E-state index is 13.0. The lowest BCUT2D eigenvalue weighted by molar-refractivity contribution is -0.143. The van der Waals surface area contributed by atoms with E-state index >= 15 is 0 Å². The zero-order chi connectivity index (χ0) is 23.5. The zero-order valence-electron chi connectivity index (χ0n) is 18.9. The maximum Gasteiger partial charge on any atom is 0.305 e. The van der Waals surface area contributed by atoms with Crippen LogP contribution in [0.2, 0.25) is 0 Å². The van der Waals surface area contributed by atoms with Gasteiger partial charge in [0.05, 0.1) is 17.8 Å². The molecule has 0 unspecified atom stereocenters. The highest BCUT2D eigenvalue weighted by Gasteiger charge is 2.18. The van der Waals surface area contributed by atoms with E-state index in [0.29, 0.717) is 38.0 Å². The summed E-state index contributed by atoms with van der Waals surface area (Å²) in [6.07, 6.45) is 8.67. The second-order valence-corrected chi connectivity index (χ2v) is 9.59. The SMILES string of the molecule is CCCCOC(=O)CCCCNS(=O)(=O)c1ccccc1-c1ccc(Cn2ccnc2)cc1. The minimum Gasteiger partial charge on any atom is -0.466 e. The van der Waals surface area contributed by atoms with Crippen LogP contribution in [0.5, 0.6) is 0 Å². The maximum atomic E-state index is 13.0. The van der Waals surface area contributed by atoms with Crippen LogP contribution < -0.4 is 4.72 Å². The quantitative estimate of drug-likeness (QED) is 0.296. The van der Waals surface area contributed by atoms with Gasteiger partial charge in [0.1, 0.15) is 0 Å². The molecule has 3 aromatic rings. The lowest BCUT2D eigenvalue weighted by Crippen LogP contribution is -2.25. The van der Waals surface area contributed by atoms with Gasteiger partial charge in [-0.3, -0.25) is 4.79 Å². The molecule has 7 nitrogen and oxygen atoms in total. The minimum absolute atomic E-state index is 0.229. The van der Waals surface area contributed by atoms with E-state index in [2.05, 4.69) is 9.71 Å². The van der Waals surface area contributed by atoms with Crippen molar-refractivity contribution in [1.82, 2.24) is 14.3 Å². The third-order valence-electron chi connectivity index (χ3n) is 5.23. The van der Waals surface area contributed by atoms with Gasteiger partial charge in [-0.25, -0.2) is 18.1 Å². The van der Waals surface area contributed by atoms with Crippen LogP contribution in [0.15, 0.2) is 72.1 Å². The Hall–Kier alpha value is -2.97. The number of esters is 1. The van der Waals surface area contributed by atoms with Crippen molar-refractivity contribution in [2.75, 3.05) is 13.2 Å². The number of nitrogens with one attached hydrogen (secondary N) is 1. The fraction of sp³-hybridized carbons (Fsp3) is 0.360. The topological polar surface area (TPSA) is 90.3 Å². The van der Waals surface area contributed by atoms with Crippen molar-refractivity contribution in [3.8, 4) is 11.1 Å². The number of carbonyl (C=O) groups excluding carboxylic acids is 1. The molecular formula is C25H31N3O4S. The molecule has 3 rings (SSSR count). The third kappa shape index (κ3) is 7.54. The number of benzene rings is 2. The number of carbonyl (C=O) groups is 1. The van der Waals surface area contributed by atoms with Crippen LogP contribution >= 0.6 is 0 Å². The van der Waals surface area contributed by atoms with Crippen LogP contribution in [0.25, 0.3) is 11.1 Å². The summed E-state index contributed by atoms with van der Waals surface area (Å²) in [6.45, 7) is 3.45. The molecule has 0 radical (unpaired) electrons. The number of imidazole rings is 1. The zero-order valence-corrected chi connectivity index (χ0v) is 19.8. The fourth-order valence-corrected chi connectivity index (χ4v) is 4.70. The molecule has 1 aromatic heterocycles. The van der Waals surface area contributed by atoms with E-state index in [0.717, 1.165) is 24.0 Å². The molecule has 33 heavy (non-hydrogen) atoms. The van der Waals surface area contributed by atoms with Gasteiger partial charge >= 0.3 is 5.97 Å². The normalized spacial score (nSPS) is 11.4. The summed E-state index contributed by atoms with van der Waals surface area (Å²) in [5.41, 5.74) is 2.59. The number of rotatable bonds is 13. The summed E-state index contributed by atoms with van der Waals surface area (Å²) >= 11 is 0. The van der Waals surface area contributed by atoms with E-state index in [1.165, 1.54) is 0 Å². The summed E-state index contributed by atoms with van der Waals surface area (Å²) < 4.78 is 35.7. The molecule has 0 fully saturated rings. The lowest BCUT2D eigenvalue weighted by atomic mass is 10.0. The lowest BCUT2D eigenvalue weighted by Gasteiger charge is -2.12. The first-order chi connectivity index (χ1) is 16.0. The van der Waals surface area contributed by atoms with E-state index < -0.39 is 10.0 Å². The first-order valence-electron chi connectivity index (χ1n) is 11.3. The van der Waals surface area contributed by atoms with Crippen LogP contribution in [0.1, 0.15) is 44.6 Å². The largest absolute Gasteiger partial charge is 0.466 e. The molecule has 176 valence electrons.